The number of nitrogens with one attached hydrogen (secondary N) is 3. The van der Waals surface area contributed by atoms with Crippen LogP contribution in [0.4, 0.5) is 4.39 Å². The van der Waals surface area contributed by atoms with Crippen molar-refractivity contribution in [3.8, 4) is 5.75 Å². The second-order valence-electron chi connectivity index (χ2n) is 12.2. The van der Waals surface area contributed by atoms with Crippen LogP contribution in [0, 0.1) is 34.9 Å². The van der Waals surface area contributed by atoms with Crippen LogP contribution in [-0.2, 0) is 9.59 Å². The maximum Gasteiger partial charge on any atom is 0.258 e. The van der Waals surface area contributed by atoms with Crippen LogP contribution in [0.15, 0.2) is 18.2 Å². The zero-order valence-electron chi connectivity index (χ0n) is 22.6. The third-order valence-electron chi connectivity index (χ3n) is 9.87. The van der Waals surface area contributed by atoms with E-state index in [-0.39, 0.29) is 46.6 Å². The molecule has 3 unspecified atom stereocenters. The van der Waals surface area contributed by atoms with Crippen LogP contribution in [0.3, 0.4) is 0 Å². The molecule has 4 atom stereocenters. The molecular weight excluding hydrogens is 507 g/mol. The van der Waals surface area contributed by atoms with E-state index in [2.05, 4.69) is 35.0 Å². The lowest BCUT2D eigenvalue weighted by Crippen LogP contribution is -2.58. The highest BCUT2D eigenvalue weighted by Gasteiger charge is 2.51. The number of benzene rings is 1. The van der Waals surface area contributed by atoms with E-state index in [0.717, 1.165) is 19.4 Å². The largest absolute Gasteiger partial charge is 0.484 e. The molecular formula is C29H42ClFN4O3. The predicted octanol–water partition coefficient (Wildman–Crippen LogP) is 4.30. The van der Waals surface area contributed by atoms with Gasteiger partial charge in [0.15, 0.2) is 6.61 Å². The molecule has 1 heterocycles. The fourth-order valence-corrected chi connectivity index (χ4v) is 7.76. The third kappa shape index (κ3) is 5.82. The molecule has 2 amide bonds. The number of nitrogens with zero attached hydrogens (tertiary/aromatic N) is 1. The Morgan fingerprint density at radius 3 is 2.55 bits per heavy atom. The predicted molar refractivity (Wildman–Crippen MR) is 145 cm³/mol. The van der Waals surface area contributed by atoms with Gasteiger partial charge in [-0.25, -0.2) is 9.40 Å². The summed E-state index contributed by atoms with van der Waals surface area (Å²) in [6.07, 6.45) is 10.3. The number of hydrogen-bond acceptors (Lipinski definition) is 5. The monoisotopic (exact) mass is 548 g/mol. The van der Waals surface area contributed by atoms with Crippen molar-refractivity contribution in [2.45, 2.75) is 76.8 Å². The lowest BCUT2D eigenvalue weighted by atomic mass is 9.57. The van der Waals surface area contributed by atoms with Gasteiger partial charge in [0.1, 0.15) is 11.6 Å². The fourth-order valence-electron chi connectivity index (χ4n) is 7.64. The van der Waals surface area contributed by atoms with Crippen molar-refractivity contribution in [1.82, 2.24) is 21.1 Å². The van der Waals surface area contributed by atoms with Crippen LogP contribution < -0.4 is 20.8 Å². The minimum Gasteiger partial charge on any atom is -0.484 e. The standard InChI is InChI=1S/C29H42ClFN4O3/c1-18-29(17-35(2)34-18,21-7-5-3-4-6-8-21)16-32-28(37)23-14-26(20-11-19(23)12-20)33-27(36)15-38-22-9-10-24(30)25(31)13-22/h9-10,13,18-21,23,26,34H,3-8,11-12,14-17H2,1-2H3,(H,32,37)(H,33,36)/t18?,19?,20?,23?,26-,29?/m0/s1. The van der Waals surface area contributed by atoms with Gasteiger partial charge in [0.25, 0.3) is 5.91 Å². The Bertz CT molecular complexity index is 1010. The molecule has 0 spiro atoms. The van der Waals surface area contributed by atoms with E-state index in [4.69, 9.17) is 16.3 Å². The second kappa shape index (κ2) is 11.7. The van der Waals surface area contributed by atoms with Gasteiger partial charge in [-0.3, -0.25) is 15.0 Å². The molecule has 4 aliphatic carbocycles. The van der Waals surface area contributed by atoms with Crippen LogP contribution in [0.1, 0.15) is 64.7 Å². The SMILES string of the molecule is CC1NN(C)CC1(CNC(=O)C1C[C@H](NC(=O)COc2ccc(Cl)c(F)c2)C2CC1C2)C1CCCCCC1. The molecule has 2 bridgehead atoms. The van der Waals surface area contributed by atoms with Gasteiger partial charge in [0, 0.05) is 49.6 Å². The van der Waals surface area contributed by atoms with Crippen LogP contribution in [0.25, 0.3) is 0 Å². The minimum absolute atomic E-state index is 0.0127. The van der Waals surface area contributed by atoms with Gasteiger partial charge in [-0.15, -0.1) is 0 Å². The average Bonchev–Trinajstić information content (AvgIpc) is 3.03. The normalized spacial score (nSPS) is 33.7. The molecule has 1 aromatic rings. The van der Waals surface area contributed by atoms with E-state index in [1.807, 2.05) is 0 Å². The molecule has 210 valence electrons. The van der Waals surface area contributed by atoms with Crippen molar-refractivity contribution in [3.05, 3.63) is 29.0 Å². The van der Waals surface area contributed by atoms with E-state index in [1.54, 1.807) is 0 Å². The molecule has 38 heavy (non-hydrogen) atoms. The summed E-state index contributed by atoms with van der Waals surface area (Å²) in [7, 11) is 2.10. The van der Waals surface area contributed by atoms with Crippen molar-refractivity contribution >= 4 is 23.4 Å². The number of rotatable bonds is 8. The van der Waals surface area contributed by atoms with Gasteiger partial charge in [0.05, 0.1) is 5.02 Å². The quantitative estimate of drug-likeness (QED) is 0.422. The summed E-state index contributed by atoms with van der Waals surface area (Å²) in [5.41, 5.74) is 3.64. The van der Waals surface area contributed by atoms with Crippen LogP contribution in [-0.4, -0.2) is 55.7 Å². The zero-order chi connectivity index (χ0) is 26.9. The van der Waals surface area contributed by atoms with Crippen molar-refractivity contribution in [2.24, 2.45) is 29.1 Å². The van der Waals surface area contributed by atoms with Crippen molar-refractivity contribution in [3.63, 3.8) is 0 Å². The summed E-state index contributed by atoms with van der Waals surface area (Å²) in [5, 5.41) is 8.70. The summed E-state index contributed by atoms with van der Waals surface area (Å²) in [6.45, 7) is 3.71. The zero-order valence-corrected chi connectivity index (χ0v) is 23.4. The van der Waals surface area contributed by atoms with Crippen molar-refractivity contribution in [2.75, 3.05) is 26.7 Å². The number of carbonyl (C=O) groups excluding carboxylic acids is 2. The van der Waals surface area contributed by atoms with E-state index in [9.17, 15) is 14.0 Å². The Morgan fingerprint density at radius 2 is 1.89 bits per heavy atom. The molecule has 5 fully saturated rings. The summed E-state index contributed by atoms with van der Waals surface area (Å²) in [4.78, 5) is 26.2. The topological polar surface area (TPSA) is 82.7 Å². The number of hydrogen-bond donors (Lipinski definition) is 3. The van der Waals surface area contributed by atoms with Gasteiger partial charge in [-0.1, -0.05) is 37.3 Å². The van der Waals surface area contributed by atoms with E-state index in [1.165, 1.54) is 56.7 Å². The van der Waals surface area contributed by atoms with Gasteiger partial charge in [-0.2, -0.15) is 0 Å². The van der Waals surface area contributed by atoms with Crippen LogP contribution >= 0.6 is 11.6 Å². The van der Waals surface area contributed by atoms with E-state index < -0.39 is 5.82 Å². The van der Waals surface area contributed by atoms with E-state index in [0.29, 0.717) is 36.8 Å². The maximum atomic E-state index is 13.6. The first kappa shape index (κ1) is 27.7. The first-order chi connectivity index (χ1) is 18.2. The Morgan fingerprint density at radius 1 is 1.16 bits per heavy atom. The Balaban J connectivity index is 1.16. The number of ether oxygens (including phenoxy) is 1. The van der Waals surface area contributed by atoms with Gasteiger partial charge >= 0.3 is 0 Å². The lowest BCUT2D eigenvalue weighted by Gasteiger charge is -2.51. The molecule has 1 aromatic carbocycles. The Kier molecular flexibility index (Phi) is 8.51. The van der Waals surface area contributed by atoms with E-state index >= 15 is 0 Å². The number of hydrazine groups is 1. The van der Waals surface area contributed by atoms with Crippen molar-refractivity contribution in [1.29, 1.82) is 0 Å². The molecule has 6 rings (SSSR count). The summed E-state index contributed by atoms with van der Waals surface area (Å²) in [6, 6.07) is 4.40. The molecule has 0 radical (unpaired) electrons. The second-order valence-corrected chi connectivity index (χ2v) is 12.6. The molecule has 9 heteroatoms. The molecule has 0 aromatic heterocycles. The highest BCUT2D eigenvalue weighted by atomic mass is 35.5. The molecule has 4 saturated carbocycles. The van der Waals surface area contributed by atoms with Gasteiger partial charge in [0.2, 0.25) is 5.91 Å². The van der Waals surface area contributed by atoms with Gasteiger partial charge < -0.3 is 15.4 Å². The number of halogens is 2. The van der Waals surface area contributed by atoms with Gasteiger partial charge in [-0.05, 0) is 68.9 Å². The highest BCUT2D eigenvalue weighted by Crippen LogP contribution is 2.49. The molecule has 3 N–H and O–H groups in total. The molecule has 1 saturated heterocycles. The summed E-state index contributed by atoms with van der Waals surface area (Å²) >= 11 is 5.71. The third-order valence-corrected chi connectivity index (χ3v) is 10.2. The molecule has 1 aliphatic heterocycles. The van der Waals surface area contributed by atoms with Crippen molar-refractivity contribution < 1.29 is 18.7 Å². The highest BCUT2D eigenvalue weighted by molar-refractivity contribution is 6.30. The Labute approximate surface area is 230 Å². The minimum atomic E-state index is -0.582. The first-order valence-electron chi connectivity index (χ1n) is 14.4. The Hall–Kier alpha value is -1.90. The lowest BCUT2D eigenvalue weighted by molar-refractivity contribution is -0.136. The number of fused-ring (bicyclic) bond motifs is 2. The fraction of sp³-hybridized carbons (Fsp3) is 0.724. The van der Waals surface area contributed by atoms with Crippen LogP contribution in [0.5, 0.6) is 5.75 Å². The molecule has 7 nitrogen and oxygen atoms in total. The maximum absolute atomic E-state index is 13.6. The first-order valence-corrected chi connectivity index (χ1v) is 14.7. The number of amides is 2. The van der Waals surface area contributed by atoms with Crippen LogP contribution in [0.2, 0.25) is 5.02 Å². The summed E-state index contributed by atoms with van der Waals surface area (Å²) in [5.74, 6) is 0.898. The summed E-state index contributed by atoms with van der Waals surface area (Å²) < 4.78 is 19.1. The average molecular weight is 549 g/mol. The smallest absolute Gasteiger partial charge is 0.258 e. The molecule has 5 aliphatic rings. The number of carbonyl (C=O) groups is 2.